The van der Waals surface area contributed by atoms with Crippen LogP contribution in [0.2, 0.25) is 0 Å². The summed E-state index contributed by atoms with van der Waals surface area (Å²) in [5.41, 5.74) is 2.27. The molecule has 1 atom stereocenters. The van der Waals surface area contributed by atoms with Gasteiger partial charge in [0.1, 0.15) is 11.8 Å². The number of aryl methyl sites for hydroxylation is 1. The molecule has 1 aromatic carbocycles. The van der Waals surface area contributed by atoms with Gasteiger partial charge in [0.2, 0.25) is 5.91 Å². The molecule has 21 heavy (non-hydrogen) atoms. The molecule has 0 fully saturated rings. The SMILES string of the molecule is CCCc1ccccc1NC(C)C(=O)NCc1ccco1. The van der Waals surface area contributed by atoms with Gasteiger partial charge in [-0.3, -0.25) is 4.79 Å². The molecule has 0 radical (unpaired) electrons. The average Bonchev–Trinajstić information content (AvgIpc) is 3.00. The maximum Gasteiger partial charge on any atom is 0.242 e. The fraction of sp³-hybridized carbons (Fsp3) is 0.353. The maximum absolute atomic E-state index is 12.1. The van der Waals surface area contributed by atoms with Crippen LogP contribution in [0.1, 0.15) is 31.6 Å². The average molecular weight is 286 g/mol. The van der Waals surface area contributed by atoms with Crippen LogP contribution < -0.4 is 10.6 Å². The van der Waals surface area contributed by atoms with Gasteiger partial charge in [-0.05, 0) is 37.1 Å². The van der Waals surface area contributed by atoms with Crippen molar-refractivity contribution in [3.05, 3.63) is 54.0 Å². The Morgan fingerprint density at radius 1 is 1.24 bits per heavy atom. The lowest BCUT2D eigenvalue weighted by molar-refractivity contribution is -0.121. The first-order valence-corrected chi connectivity index (χ1v) is 7.35. The molecule has 4 nitrogen and oxygen atoms in total. The van der Waals surface area contributed by atoms with Gasteiger partial charge in [-0.2, -0.15) is 0 Å². The van der Waals surface area contributed by atoms with Gasteiger partial charge in [-0.1, -0.05) is 31.5 Å². The highest BCUT2D eigenvalue weighted by molar-refractivity contribution is 5.84. The van der Waals surface area contributed by atoms with Crippen molar-refractivity contribution in [3.63, 3.8) is 0 Å². The number of amides is 1. The van der Waals surface area contributed by atoms with Gasteiger partial charge in [0.15, 0.2) is 0 Å². The third-order valence-electron chi connectivity index (χ3n) is 3.32. The summed E-state index contributed by atoms with van der Waals surface area (Å²) in [7, 11) is 0. The van der Waals surface area contributed by atoms with E-state index in [1.807, 2.05) is 37.3 Å². The molecule has 2 N–H and O–H groups in total. The zero-order valence-electron chi connectivity index (χ0n) is 12.6. The Labute approximate surface area is 125 Å². The monoisotopic (exact) mass is 286 g/mol. The molecular weight excluding hydrogens is 264 g/mol. The van der Waals surface area contributed by atoms with Crippen molar-refractivity contribution in [1.29, 1.82) is 0 Å². The molecule has 1 heterocycles. The van der Waals surface area contributed by atoms with Crippen molar-refractivity contribution in [2.24, 2.45) is 0 Å². The van der Waals surface area contributed by atoms with E-state index in [1.54, 1.807) is 6.26 Å². The Hall–Kier alpha value is -2.23. The number of hydrogen-bond acceptors (Lipinski definition) is 3. The lowest BCUT2D eigenvalue weighted by Gasteiger charge is -2.17. The first-order chi connectivity index (χ1) is 10.2. The molecule has 2 aromatic rings. The molecule has 0 saturated carbocycles. The van der Waals surface area contributed by atoms with Gasteiger partial charge in [0.25, 0.3) is 0 Å². The number of carbonyl (C=O) groups is 1. The van der Waals surface area contributed by atoms with Crippen LogP contribution in [0.5, 0.6) is 0 Å². The summed E-state index contributed by atoms with van der Waals surface area (Å²) in [6.45, 7) is 4.42. The third-order valence-corrected chi connectivity index (χ3v) is 3.32. The number of nitrogens with one attached hydrogen (secondary N) is 2. The number of para-hydroxylation sites is 1. The van der Waals surface area contributed by atoms with E-state index in [2.05, 4.69) is 23.6 Å². The van der Waals surface area contributed by atoms with Crippen LogP contribution in [0.25, 0.3) is 0 Å². The molecule has 0 aliphatic rings. The molecular formula is C17H22N2O2. The highest BCUT2D eigenvalue weighted by Crippen LogP contribution is 2.17. The lowest BCUT2D eigenvalue weighted by Crippen LogP contribution is -2.37. The first kappa shape index (κ1) is 15.2. The van der Waals surface area contributed by atoms with Crippen molar-refractivity contribution in [2.45, 2.75) is 39.3 Å². The Bertz CT molecular complexity index is 564. The first-order valence-electron chi connectivity index (χ1n) is 7.35. The van der Waals surface area contributed by atoms with E-state index in [4.69, 9.17) is 4.42 Å². The van der Waals surface area contributed by atoms with Crippen molar-refractivity contribution in [1.82, 2.24) is 5.32 Å². The minimum absolute atomic E-state index is 0.0438. The number of rotatable bonds is 7. The molecule has 0 saturated heterocycles. The molecule has 2 rings (SSSR count). The molecule has 4 heteroatoms. The van der Waals surface area contributed by atoms with Crippen molar-refractivity contribution < 1.29 is 9.21 Å². The quantitative estimate of drug-likeness (QED) is 0.820. The standard InChI is InChI=1S/C17H22N2O2/c1-3-7-14-8-4-5-10-16(14)19-13(2)17(20)18-12-15-9-6-11-21-15/h4-6,8-11,13,19H,3,7,12H2,1-2H3,(H,18,20). The normalized spacial score (nSPS) is 11.9. The fourth-order valence-electron chi connectivity index (χ4n) is 2.19. The van der Waals surface area contributed by atoms with Crippen molar-refractivity contribution >= 4 is 11.6 Å². The predicted octanol–water partition coefficient (Wildman–Crippen LogP) is 3.35. The fourth-order valence-corrected chi connectivity index (χ4v) is 2.19. The predicted molar refractivity (Wildman–Crippen MR) is 84.1 cm³/mol. The smallest absolute Gasteiger partial charge is 0.242 e. The van der Waals surface area contributed by atoms with Crippen LogP contribution in [0.15, 0.2) is 47.1 Å². The zero-order chi connectivity index (χ0) is 15.1. The van der Waals surface area contributed by atoms with Crippen LogP contribution in [0.3, 0.4) is 0 Å². The Morgan fingerprint density at radius 2 is 2.05 bits per heavy atom. The number of benzene rings is 1. The number of anilines is 1. The number of furan rings is 1. The summed E-state index contributed by atoms with van der Waals surface area (Å²) in [5, 5.41) is 6.14. The van der Waals surface area contributed by atoms with Crippen molar-refractivity contribution in [2.75, 3.05) is 5.32 Å². The van der Waals surface area contributed by atoms with E-state index in [0.29, 0.717) is 6.54 Å². The molecule has 1 amide bonds. The van der Waals surface area contributed by atoms with E-state index in [1.165, 1.54) is 5.56 Å². The number of hydrogen-bond donors (Lipinski definition) is 2. The van der Waals surface area contributed by atoms with E-state index >= 15 is 0 Å². The molecule has 1 aromatic heterocycles. The highest BCUT2D eigenvalue weighted by Gasteiger charge is 2.14. The summed E-state index contributed by atoms with van der Waals surface area (Å²) in [6.07, 6.45) is 3.69. The van der Waals surface area contributed by atoms with Gasteiger partial charge in [-0.25, -0.2) is 0 Å². The van der Waals surface area contributed by atoms with Crippen LogP contribution in [0, 0.1) is 0 Å². The topological polar surface area (TPSA) is 54.3 Å². The summed E-state index contributed by atoms with van der Waals surface area (Å²) in [6, 6.07) is 11.5. The highest BCUT2D eigenvalue weighted by atomic mass is 16.3. The van der Waals surface area contributed by atoms with Gasteiger partial charge < -0.3 is 15.1 Å². The Balaban J connectivity index is 1.91. The summed E-state index contributed by atoms with van der Waals surface area (Å²) in [5.74, 6) is 0.708. The molecule has 0 aliphatic heterocycles. The molecule has 0 spiro atoms. The van der Waals surface area contributed by atoms with E-state index in [-0.39, 0.29) is 11.9 Å². The van der Waals surface area contributed by atoms with Crippen LogP contribution in [-0.4, -0.2) is 11.9 Å². The van der Waals surface area contributed by atoms with Crippen LogP contribution >= 0.6 is 0 Å². The minimum atomic E-state index is -0.294. The second kappa shape index (κ2) is 7.53. The van der Waals surface area contributed by atoms with Gasteiger partial charge >= 0.3 is 0 Å². The molecule has 0 aliphatic carbocycles. The summed E-state index contributed by atoms with van der Waals surface area (Å²) in [4.78, 5) is 12.1. The third kappa shape index (κ3) is 4.38. The Morgan fingerprint density at radius 3 is 2.76 bits per heavy atom. The van der Waals surface area contributed by atoms with Crippen LogP contribution in [-0.2, 0) is 17.8 Å². The number of carbonyl (C=O) groups excluding carboxylic acids is 1. The molecule has 112 valence electrons. The van der Waals surface area contributed by atoms with Gasteiger partial charge in [-0.15, -0.1) is 0 Å². The maximum atomic E-state index is 12.1. The largest absolute Gasteiger partial charge is 0.467 e. The second-order valence-electron chi connectivity index (χ2n) is 5.07. The second-order valence-corrected chi connectivity index (χ2v) is 5.07. The Kier molecular flexibility index (Phi) is 5.43. The molecule has 0 bridgehead atoms. The zero-order valence-corrected chi connectivity index (χ0v) is 12.6. The lowest BCUT2D eigenvalue weighted by atomic mass is 10.1. The summed E-state index contributed by atoms with van der Waals surface area (Å²) < 4.78 is 5.20. The minimum Gasteiger partial charge on any atom is -0.467 e. The van der Waals surface area contributed by atoms with E-state index in [9.17, 15) is 4.79 Å². The van der Waals surface area contributed by atoms with Crippen LogP contribution in [0.4, 0.5) is 5.69 Å². The van der Waals surface area contributed by atoms with E-state index in [0.717, 1.165) is 24.3 Å². The van der Waals surface area contributed by atoms with E-state index < -0.39 is 0 Å². The van der Waals surface area contributed by atoms with Gasteiger partial charge in [0.05, 0.1) is 12.8 Å². The summed E-state index contributed by atoms with van der Waals surface area (Å²) >= 11 is 0. The van der Waals surface area contributed by atoms with Crippen molar-refractivity contribution in [3.8, 4) is 0 Å². The molecule has 1 unspecified atom stereocenters. The van der Waals surface area contributed by atoms with Gasteiger partial charge in [0, 0.05) is 5.69 Å².